The fourth-order valence-electron chi connectivity index (χ4n) is 1.31. The summed E-state index contributed by atoms with van der Waals surface area (Å²) in [5.74, 6) is 0.921. The fraction of sp³-hybridized carbons (Fsp3) is 0.400. The van der Waals surface area contributed by atoms with Gasteiger partial charge < -0.3 is 10.3 Å². The number of rotatable bonds is 3. The van der Waals surface area contributed by atoms with Crippen LogP contribution < -0.4 is 5.32 Å². The summed E-state index contributed by atoms with van der Waals surface area (Å²) in [5.41, 5.74) is 1.73. The van der Waals surface area contributed by atoms with Gasteiger partial charge in [-0.25, -0.2) is 9.97 Å². The zero-order valence-corrected chi connectivity index (χ0v) is 10.3. The molecule has 0 bridgehead atoms. The Hall–Kier alpha value is -0.940. The molecule has 0 radical (unpaired) electrons. The third-order valence-corrected chi connectivity index (χ3v) is 2.46. The Kier molecular flexibility index (Phi) is 3.02. The normalized spacial score (nSPS) is 11.5. The molecule has 0 aliphatic carbocycles. The van der Waals surface area contributed by atoms with Gasteiger partial charge in [0.1, 0.15) is 5.82 Å². The smallest absolute Gasteiger partial charge is 0.177 e. The highest BCUT2D eigenvalue weighted by molar-refractivity contribution is 9.10. The number of pyridine rings is 1. The molecule has 0 aliphatic rings. The molecule has 0 aliphatic heterocycles. The number of fused-ring (bicyclic) bond motifs is 1. The van der Waals surface area contributed by atoms with Crippen LogP contribution in [0.1, 0.15) is 19.7 Å². The van der Waals surface area contributed by atoms with Crippen LogP contribution >= 0.6 is 15.9 Å². The van der Waals surface area contributed by atoms with Crippen molar-refractivity contribution >= 4 is 27.1 Å². The predicted octanol–water partition coefficient (Wildman–Crippen LogP) is 2.22. The number of nitrogens with one attached hydrogen (secondary N) is 2. The van der Waals surface area contributed by atoms with Gasteiger partial charge in [0.2, 0.25) is 0 Å². The Labute approximate surface area is 96.6 Å². The Morgan fingerprint density at radius 3 is 3.07 bits per heavy atom. The van der Waals surface area contributed by atoms with Gasteiger partial charge >= 0.3 is 0 Å². The summed E-state index contributed by atoms with van der Waals surface area (Å²) in [6.45, 7) is 4.96. The summed E-state index contributed by atoms with van der Waals surface area (Å²) in [4.78, 5) is 11.8. The standard InChI is InChI=1S/C10H13BrN4/c1-6(2)12-5-9-14-8-3-7(11)4-13-10(8)15-9/h3-4,6,12H,5H2,1-2H3,(H,13,14,15). The minimum absolute atomic E-state index is 0.456. The maximum absolute atomic E-state index is 4.38. The van der Waals surface area contributed by atoms with Crippen molar-refractivity contribution in [2.75, 3.05) is 0 Å². The third-order valence-electron chi connectivity index (χ3n) is 2.03. The SMILES string of the molecule is CC(C)NCc1nc2ncc(Br)cc2[nH]1. The van der Waals surface area contributed by atoms with Crippen molar-refractivity contribution in [3.63, 3.8) is 0 Å². The molecule has 0 amide bonds. The second kappa shape index (κ2) is 4.28. The van der Waals surface area contributed by atoms with E-state index in [2.05, 4.69) is 50.0 Å². The summed E-state index contributed by atoms with van der Waals surface area (Å²) in [5, 5.41) is 3.30. The van der Waals surface area contributed by atoms with Crippen LogP contribution in [0.25, 0.3) is 11.2 Å². The van der Waals surface area contributed by atoms with Crippen LogP contribution in [0.15, 0.2) is 16.7 Å². The maximum Gasteiger partial charge on any atom is 0.177 e. The van der Waals surface area contributed by atoms with Gasteiger partial charge in [0.25, 0.3) is 0 Å². The van der Waals surface area contributed by atoms with Crippen LogP contribution in [-0.2, 0) is 6.54 Å². The van der Waals surface area contributed by atoms with Crippen molar-refractivity contribution in [1.29, 1.82) is 0 Å². The molecule has 2 rings (SSSR count). The molecule has 2 aromatic rings. The molecule has 2 N–H and O–H groups in total. The summed E-state index contributed by atoms with van der Waals surface area (Å²) >= 11 is 3.38. The van der Waals surface area contributed by atoms with Crippen LogP contribution in [0.2, 0.25) is 0 Å². The number of aromatic amines is 1. The molecule has 0 spiro atoms. The summed E-state index contributed by atoms with van der Waals surface area (Å²) in [6.07, 6.45) is 1.75. The average molecular weight is 269 g/mol. The molecule has 15 heavy (non-hydrogen) atoms. The molecular formula is C10H13BrN4. The molecule has 0 atom stereocenters. The van der Waals surface area contributed by atoms with Gasteiger partial charge in [0.15, 0.2) is 5.65 Å². The molecular weight excluding hydrogens is 256 g/mol. The Bertz CT molecular complexity index is 463. The van der Waals surface area contributed by atoms with Crippen molar-refractivity contribution in [3.8, 4) is 0 Å². The number of hydrogen-bond acceptors (Lipinski definition) is 3. The quantitative estimate of drug-likeness (QED) is 0.898. The molecule has 4 nitrogen and oxygen atoms in total. The van der Waals surface area contributed by atoms with Gasteiger partial charge in [-0.15, -0.1) is 0 Å². The first-order valence-corrected chi connectivity index (χ1v) is 5.68. The number of hydrogen-bond donors (Lipinski definition) is 2. The van der Waals surface area contributed by atoms with Crippen molar-refractivity contribution < 1.29 is 0 Å². The van der Waals surface area contributed by atoms with E-state index in [-0.39, 0.29) is 0 Å². The molecule has 5 heteroatoms. The lowest BCUT2D eigenvalue weighted by Crippen LogP contribution is -2.22. The summed E-state index contributed by atoms with van der Waals surface area (Å²) in [7, 11) is 0. The van der Waals surface area contributed by atoms with Gasteiger partial charge in [0, 0.05) is 16.7 Å². The molecule has 0 aromatic carbocycles. The highest BCUT2D eigenvalue weighted by Gasteiger charge is 2.04. The third kappa shape index (κ3) is 2.54. The second-order valence-electron chi connectivity index (χ2n) is 3.74. The van der Waals surface area contributed by atoms with E-state index in [9.17, 15) is 0 Å². The van der Waals surface area contributed by atoms with Gasteiger partial charge in [-0.2, -0.15) is 0 Å². The molecule has 0 fully saturated rings. The number of aromatic nitrogens is 3. The number of nitrogens with zero attached hydrogens (tertiary/aromatic N) is 2. The number of halogens is 1. The van der Waals surface area contributed by atoms with Crippen LogP contribution in [-0.4, -0.2) is 21.0 Å². The maximum atomic E-state index is 4.38. The van der Waals surface area contributed by atoms with Crippen LogP contribution in [0.5, 0.6) is 0 Å². The van der Waals surface area contributed by atoms with E-state index in [4.69, 9.17) is 0 Å². The monoisotopic (exact) mass is 268 g/mol. The van der Waals surface area contributed by atoms with Crippen LogP contribution in [0.4, 0.5) is 0 Å². The van der Waals surface area contributed by atoms with E-state index in [0.717, 1.165) is 28.0 Å². The predicted molar refractivity (Wildman–Crippen MR) is 63.6 cm³/mol. The van der Waals surface area contributed by atoms with Crippen LogP contribution in [0.3, 0.4) is 0 Å². The molecule has 80 valence electrons. The highest BCUT2D eigenvalue weighted by atomic mass is 79.9. The Morgan fingerprint density at radius 2 is 2.33 bits per heavy atom. The van der Waals surface area contributed by atoms with E-state index < -0.39 is 0 Å². The molecule has 2 heterocycles. The molecule has 2 aromatic heterocycles. The highest BCUT2D eigenvalue weighted by Crippen LogP contribution is 2.14. The lowest BCUT2D eigenvalue weighted by Gasteiger charge is -2.04. The largest absolute Gasteiger partial charge is 0.339 e. The zero-order chi connectivity index (χ0) is 10.8. The van der Waals surface area contributed by atoms with E-state index >= 15 is 0 Å². The molecule has 0 unspecified atom stereocenters. The van der Waals surface area contributed by atoms with E-state index in [1.165, 1.54) is 0 Å². The average Bonchev–Trinajstić information content (AvgIpc) is 2.56. The topological polar surface area (TPSA) is 53.6 Å². The minimum Gasteiger partial charge on any atom is -0.339 e. The summed E-state index contributed by atoms with van der Waals surface area (Å²) < 4.78 is 0.960. The van der Waals surface area contributed by atoms with Crippen molar-refractivity contribution in [1.82, 2.24) is 20.3 Å². The lowest BCUT2D eigenvalue weighted by molar-refractivity contribution is 0.576. The first kappa shape index (κ1) is 10.6. The minimum atomic E-state index is 0.456. The zero-order valence-electron chi connectivity index (χ0n) is 8.71. The van der Waals surface area contributed by atoms with E-state index in [1.54, 1.807) is 6.20 Å². The van der Waals surface area contributed by atoms with Crippen LogP contribution in [0, 0.1) is 0 Å². The first-order valence-electron chi connectivity index (χ1n) is 4.88. The summed E-state index contributed by atoms with van der Waals surface area (Å²) in [6, 6.07) is 2.44. The van der Waals surface area contributed by atoms with Crippen molar-refractivity contribution in [2.45, 2.75) is 26.4 Å². The molecule has 0 saturated heterocycles. The van der Waals surface area contributed by atoms with Gasteiger partial charge in [-0.05, 0) is 22.0 Å². The Balaban J connectivity index is 2.23. The Morgan fingerprint density at radius 1 is 1.53 bits per heavy atom. The van der Waals surface area contributed by atoms with E-state index in [1.807, 2.05) is 6.07 Å². The van der Waals surface area contributed by atoms with Gasteiger partial charge in [0.05, 0.1) is 12.1 Å². The first-order chi connectivity index (χ1) is 7.15. The fourth-order valence-corrected chi connectivity index (χ4v) is 1.64. The number of imidazole rings is 1. The van der Waals surface area contributed by atoms with Crippen molar-refractivity contribution in [3.05, 3.63) is 22.6 Å². The lowest BCUT2D eigenvalue weighted by atomic mass is 10.4. The van der Waals surface area contributed by atoms with E-state index in [0.29, 0.717) is 6.04 Å². The van der Waals surface area contributed by atoms with Gasteiger partial charge in [-0.3, -0.25) is 0 Å². The van der Waals surface area contributed by atoms with Crippen molar-refractivity contribution in [2.24, 2.45) is 0 Å². The molecule has 0 saturated carbocycles. The second-order valence-corrected chi connectivity index (χ2v) is 4.66. The number of H-pyrrole nitrogens is 1. The van der Waals surface area contributed by atoms with Gasteiger partial charge in [-0.1, -0.05) is 13.8 Å².